The van der Waals surface area contributed by atoms with E-state index in [1.807, 2.05) is 0 Å². The average molecular weight is 439 g/mol. The van der Waals surface area contributed by atoms with Gasteiger partial charge in [-0.1, -0.05) is 17.7 Å². The second kappa shape index (κ2) is 8.89. The Balaban J connectivity index is 1.82. The first kappa shape index (κ1) is 21.2. The van der Waals surface area contributed by atoms with Crippen molar-refractivity contribution in [3.8, 4) is 17.4 Å². The second-order valence-electron chi connectivity index (χ2n) is 6.05. The number of non-ortho nitro benzene ring substituents is 2. The number of carbonyl (C=O) groups is 1. The van der Waals surface area contributed by atoms with Gasteiger partial charge in [-0.3, -0.25) is 25.0 Å². The van der Waals surface area contributed by atoms with Gasteiger partial charge in [-0.05, 0) is 24.3 Å². The normalized spacial score (nSPS) is 10.9. The molecule has 2 aromatic carbocycles. The summed E-state index contributed by atoms with van der Waals surface area (Å²) in [6, 6.07) is 13.9. The maximum Gasteiger partial charge on any atom is 0.271 e. The molecule has 0 atom stereocenters. The highest BCUT2D eigenvalue weighted by atomic mass is 35.5. The van der Waals surface area contributed by atoms with Crippen molar-refractivity contribution in [2.45, 2.75) is 0 Å². The van der Waals surface area contributed by atoms with E-state index in [9.17, 15) is 30.3 Å². The van der Waals surface area contributed by atoms with E-state index in [1.165, 1.54) is 54.6 Å². The van der Waals surface area contributed by atoms with E-state index in [-0.39, 0.29) is 39.2 Å². The molecule has 0 aliphatic rings. The molecule has 0 fully saturated rings. The zero-order valence-electron chi connectivity index (χ0n) is 15.4. The molecule has 0 aliphatic carbocycles. The van der Waals surface area contributed by atoms with Crippen molar-refractivity contribution < 1.29 is 19.1 Å². The molecule has 1 amide bonds. The van der Waals surface area contributed by atoms with E-state index in [0.717, 1.165) is 6.07 Å². The van der Waals surface area contributed by atoms with Gasteiger partial charge < -0.3 is 9.73 Å². The highest BCUT2D eigenvalue weighted by Gasteiger charge is 2.15. The Kier molecular flexibility index (Phi) is 6.09. The van der Waals surface area contributed by atoms with Crippen LogP contribution in [-0.2, 0) is 4.79 Å². The predicted molar refractivity (Wildman–Crippen MR) is 111 cm³/mol. The Labute approximate surface area is 179 Å². The minimum Gasteiger partial charge on any atom is -0.457 e. The summed E-state index contributed by atoms with van der Waals surface area (Å²) in [6.07, 6.45) is 1.19. The molecule has 0 spiro atoms. The van der Waals surface area contributed by atoms with E-state index < -0.39 is 15.8 Å². The molecule has 31 heavy (non-hydrogen) atoms. The SMILES string of the molecule is N#C/C(=C\c1ccc(-c2ccc([N+](=O)[O-])cc2Cl)o1)C(=O)Nc1cccc([N+](=O)[O-])c1. The number of amides is 1. The van der Waals surface area contributed by atoms with E-state index >= 15 is 0 Å². The van der Waals surface area contributed by atoms with Crippen LogP contribution in [0.3, 0.4) is 0 Å². The monoisotopic (exact) mass is 438 g/mol. The van der Waals surface area contributed by atoms with Crippen molar-refractivity contribution in [3.63, 3.8) is 0 Å². The number of nitro benzene ring substituents is 2. The van der Waals surface area contributed by atoms with Gasteiger partial charge in [-0.25, -0.2) is 0 Å². The van der Waals surface area contributed by atoms with Crippen LogP contribution in [0.25, 0.3) is 17.4 Å². The fraction of sp³-hybridized carbons (Fsp3) is 0. The quantitative estimate of drug-likeness (QED) is 0.247. The topological polar surface area (TPSA) is 152 Å². The summed E-state index contributed by atoms with van der Waals surface area (Å²) >= 11 is 6.08. The molecule has 10 nitrogen and oxygen atoms in total. The Morgan fingerprint density at radius 2 is 1.77 bits per heavy atom. The Hall–Kier alpha value is -4.49. The van der Waals surface area contributed by atoms with Gasteiger partial charge >= 0.3 is 0 Å². The lowest BCUT2D eigenvalue weighted by Gasteiger charge is -2.04. The van der Waals surface area contributed by atoms with Crippen molar-refractivity contribution in [2.24, 2.45) is 0 Å². The molecule has 0 saturated carbocycles. The number of benzene rings is 2. The summed E-state index contributed by atoms with van der Waals surface area (Å²) < 4.78 is 5.58. The summed E-state index contributed by atoms with van der Waals surface area (Å²) in [7, 11) is 0. The molecule has 0 bridgehead atoms. The van der Waals surface area contributed by atoms with Crippen LogP contribution in [0.5, 0.6) is 0 Å². The highest BCUT2D eigenvalue weighted by Crippen LogP contribution is 2.32. The molecule has 0 saturated heterocycles. The van der Waals surface area contributed by atoms with Gasteiger partial charge in [0.2, 0.25) is 0 Å². The minimum atomic E-state index is -0.783. The summed E-state index contributed by atoms with van der Waals surface area (Å²) in [4.78, 5) is 32.8. The molecule has 3 rings (SSSR count). The lowest BCUT2D eigenvalue weighted by Crippen LogP contribution is -2.13. The minimum absolute atomic E-state index is 0.100. The molecule has 3 aromatic rings. The fourth-order valence-electron chi connectivity index (χ4n) is 2.58. The summed E-state index contributed by atoms with van der Waals surface area (Å²) in [5.74, 6) is -0.341. The molecule has 0 radical (unpaired) electrons. The fourth-order valence-corrected chi connectivity index (χ4v) is 2.85. The molecule has 0 aliphatic heterocycles. The van der Waals surface area contributed by atoms with Gasteiger partial charge in [0.15, 0.2) is 0 Å². The number of nitrogens with zero attached hydrogens (tertiary/aromatic N) is 3. The number of hydrogen-bond acceptors (Lipinski definition) is 7. The number of halogens is 1. The van der Waals surface area contributed by atoms with Crippen molar-refractivity contribution in [1.82, 2.24) is 0 Å². The number of hydrogen-bond donors (Lipinski definition) is 1. The Morgan fingerprint density at radius 1 is 1.06 bits per heavy atom. The van der Waals surface area contributed by atoms with E-state index in [4.69, 9.17) is 16.0 Å². The number of rotatable bonds is 6. The number of carbonyl (C=O) groups excluding carboxylic acids is 1. The van der Waals surface area contributed by atoms with Gasteiger partial charge in [-0.2, -0.15) is 5.26 Å². The molecule has 154 valence electrons. The van der Waals surface area contributed by atoms with Gasteiger partial charge in [0.25, 0.3) is 17.3 Å². The van der Waals surface area contributed by atoms with Crippen LogP contribution in [-0.4, -0.2) is 15.8 Å². The van der Waals surface area contributed by atoms with E-state index in [0.29, 0.717) is 5.56 Å². The first-order valence-electron chi connectivity index (χ1n) is 8.50. The van der Waals surface area contributed by atoms with Gasteiger partial charge in [0.05, 0.1) is 14.9 Å². The van der Waals surface area contributed by atoms with Crippen molar-refractivity contribution in [3.05, 3.63) is 91.2 Å². The molecule has 1 heterocycles. The first-order chi connectivity index (χ1) is 14.8. The molecule has 11 heteroatoms. The summed E-state index contributed by atoms with van der Waals surface area (Å²) in [6.45, 7) is 0. The number of nitriles is 1. The summed E-state index contributed by atoms with van der Waals surface area (Å²) in [5, 5.41) is 33.5. The third-order valence-corrected chi connectivity index (χ3v) is 4.33. The maximum absolute atomic E-state index is 12.4. The Bertz CT molecular complexity index is 1270. The summed E-state index contributed by atoms with van der Waals surface area (Å²) in [5.41, 5.74) is -0.146. The molecular formula is C20H11ClN4O6. The molecule has 0 unspecified atom stereocenters. The van der Waals surface area contributed by atoms with Crippen molar-refractivity contribution in [2.75, 3.05) is 5.32 Å². The highest BCUT2D eigenvalue weighted by molar-refractivity contribution is 6.33. The van der Waals surface area contributed by atoms with Crippen LogP contribution in [0.15, 0.2) is 64.6 Å². The van der Waals surface area contributed by atoms with E-state index in [1.54, 1.807) is 6.07 Å². The molecule has 1 aromatic heterocycles. The average Bonchev–Trinajstić information content (AvgIpc) is 3.20. The lowest BCUT2D eigenvalue weighted by molar-refractivity contribution is -0.385. The number of nitro groups is 2. The second-order valence-corrected chi connectivity index (χ2v) is 6.46. The first-order valence-corrected chi connectivity index (χ1v) is 8.88. The zero-order chi connectivity index (χ0) is 22.5. The maximum atomic E-state index is 12.4. The van der Waals surface area contributed by atoms with Crippen LogP contribution < -0.4 is 5.32 Å². The number of furan rings is 1. The zero-order valence-corrected chi connectivity index (χ0v) is 16.2. The molecular weight excluding hydrogens is 428 g/mol. The van der Waals surface area contributed by atoms with Crippen LogP contribution in [0.2, 0.25) is 5.02 Å². The van der Waals surface area contributed by atoms with Crippen LogP contribution in [0.4, 0.5) is 17.1 Å². The van der Waals surface area contributed by atoms with Gasteiger partial charge in [-0.15, -0.1) is 0 Å². The third kappa shape index (κ3) is 4.92. The number of anilines is 1. The van der Waals surface area contributed by atoms with Crippen LogP contribution in [0, 0.1) is 31.6 Å². The third-order valence-electron chi connectivity index (χ3n) is 4.02. The predicted octanol–water partition coefficient (Wildman–Crippen LogP) is 4.96. The van der Waals surface area contributed by atoms with Crippen LogP contribution >= 0.6 is 11.6 Å². The van der Waals surface area contributed by atoms with E-state index in [2.05, 4.69) is 5.32 Å². The smallest absolute Gasteiger partial charge is 0.271 e. The van der Waals surface area contributed by atoms with Gasteiger partial charge in [0, 0.05) is 41.6 Å². The van der Waals surface area contributed by atoms with Crippen LogP contribution in [0.1, 0.15) is 5.76 Å². The molecule has 1 N–H and O–H groups in total. The largest absolute Gasteiger partial charge is 0.457 e. The van der Waals surface area contributed by atoms with Gasteiger partial charge in [0.1, 0.15) is 23.2 Å². The number of nitrogens with one attached hydrogen (secondary N) is 1. The van der Waals surface area contributed by atoms with Crippen molar-refractivity contribution >= 4 is 40.6 Å². The lowest BCUT2D eigenvalue weighted by atomic mass is 10.1. The van der Waals surface area contributed by atoms with Crippen molar-refractivity contribution in [1.29, 1.82) is 5.26 Å². The Morgan fingerprint density at radius 3 is 2.42 bits per heavy atom. The standard InChI is InChI=1S/C20H11ClN4O6/c21-18-10-15(25(29)30)4-6-17(18)19-7-5-16(31-19)8-12(11-22)20(26)23-13-2-1-3-14(9-13)24(27)28/h1-10H,(H,23,26)/b12-8+.